The average Bonchev–Trinajstić information content (AvgIpc) is 2.56. The smallest absolute Gasteiger partial charge is 0.253 e. The quantitative estimate of drug-likeness (QED) is 0.794. The molecule has 0 fully saturated rings. The summed E-state index contributed by atoms with van der Waals surface area (Å²) in [5, 5.41) is 3.64. The van der Waals surface area contributed by atoms with Gasteiger partial charge in [0.2, 0.25) is 0 Å². The van der Waals surface area contributed by atoms with Crippen LogP contribution in [0.25, 0.3) is 10.9 Å². The predicted molar refractivity (Wildman–Crippen MR) is 84.0 cm³/mol. The molecule has 5 heteroatoms. The number of pyridine rings is 1. The molecular weight excluding hydrogens is 298 g/mol. The van der Waals surface area contributed by atoms with E-state index in [1.54, 1.807) is 31.3 Å². The fraction of sp³-hybridized carbons (Fsp3) is 0.111. The van der Waals surface area contributed by atoms with Crippen LogP contribution in [-0.4, -0.2) is 10.9 Å². The molecule has 0 saturated carbocycles. The maximum Gasteiger partial charge on any atom is 0.253 e. The van der Waals surface area contributed by atoms with E-state index in [4.69, 9.17) is 0 Å². The zero-order valence-electron chi connectivity index (χ0n) is 12.4. The van der Waals surface area contributed by atoms with Crippen LogP contribution in [0.1, 0.15) is 28.9 Å². The molecule has 1 atom stereocenters. The average molecular weight is 312 g/mol. The van der Waals surface area contributed by atoms with Crippen molar-refractivity contribution >= 4 is 16.8 Å². The summed E-state index contributed by atoms with van der Waals surface area (Å²) in [4.78, 5) is 16.7. The minimum absolute atomic E-state index is 0.313. The normalized spacial score (nSPS) is 12.1. The standard InChI is InChI=1S/C18H14F2N2O/c1-11(13-7-8-15(19)16(20)10-13)22-18(23)14-6-2-4-12-5-3-9-21-17(12)14/h2-11H,1H3,(H,22,23). The molecule has 3 rings (SSSR count). The van der Waals surface area contributed by atoms with Crippen LogP contribution in [-0.2, 0) is 0 Å². The number of amides is 1. The lowest BCUT2D eigenvalue weighted by Crippen LogP contribution is -2.27. The first-order valence-corrected chi connectivity index (χ1v) is 7.16. The van der Waals surface area contributed by atoms with Crippen LogP contribution >= 0.6 is 0 Å². The van der Waals surface area contributed by atoms with Crippen molar-refractivity contribution in [2.75, 3.05) is 0 Å². The lowest BCUT2D eigenvalue weighted by molar-refractivity contribution is 0.0941. The van der Waals surface area contributed by atoms with Gasteiger partial charge in [0.05, 0.1) is 17.1 Å². The Morgan fingerprint density at radius 3 is 2.65 bits per heavy atom. The van der Waals surface area contributed by atoms with Crippen molar-refractivity contribution in [3.63, 3.8) is 0 Å². The van der Waals surface area contributed by atoms with E-state index in [1.165, 1.54) is 6.07 Å². The Kier molecular flexibility index (Phi) is 4.02. The van der Waals surface area contributed by atoms with Crippen LogP contribution < -0.4 is 5.32 Å². The van der Waals surface area contributed by atoms with E-state index in [9.17, 15) is 13.6 Å². The van der Waals surface area contributed by atoms with Crippen LogP contribution in [0.5, 0.6) is 0 Å². The summed E-state index contributed by atoms with van der Waals surface area (Å²) in [7, 11) is 0. The van der Waals surface area contributed by atoms with Gasteiger partial charge >= 0.3 is 0 Å². The third-order valence-electron chi connectivity index (χ3n) is 3.67. The summed E-state index contributed by atoms with van der Waals surface area (Å²) < 4.78 is 26.3. The molecule has 0 radical (unpaired) electrons. The number of nitrogens with zero attached hydrogens (tertiary/aromatic N) is 1. The maximum atomic E-state index is 13.3. The maximum absolute atomic E-state index is 13.3. The van der Waals surface area contributed by atoms with Crippen molar-refractivity contribution in [1.29, 1.82) is 0 Å². The van der Waals surface area contributed by atoms with Crippen molar-refractivity contribution in [3.05, 3.63) is 77.5 Å². The number of benzene rings is 2. The molecule has 2 aromatic carbocycles. The molecule has 1 aromatic heterocycles. The molecule has 1 amide bonds. The summed E-state index contributed by atoms with van der Waals surface area (Å²) in [6.45, 7) is 1.71. The van der Waals surface area contributed by atoms with Gasteiger partial charge < -0.3 is 5.32 Å². The molecule has 3 aromatic rings. The highest BCUT2D eigenvalue weighted by atomic mass is 19.2. The molecule has 0 bridgehead atoms. The van der Waals surface area contributed by atoms with Gasteiger partial charge in [0.15, 0.2) is 11.6 Å². The molecule has 0 aliphatic carbocycles. The number of rotatable bonds is 3. The van der Waals surface area contributed by atoms with E-state index < -0.39 is 17.7 Å². The van der Waals surface area contributed by atoms with Crippen molar-refractivity contribution < 1.29 is 13.6 Å². The third-order valence-corrected chi connectivity index (χ3v) is 3.67. The van der Waals surface area contributed by atoms with Crippen molar-refractivity contribution in [2.45, 2.75) is 13.0 Å². The molecule has 0 saturated heterocycles. The Balaban J connectivity index is 1.87. The minimum Gasteiger partial charge on any atom is -0.345 e. The molecule has 0 aliphatic rings. The number of aromatic nitrogens is 1. The monoisotopic (exact) mass is 312 g/mol. The lowest BCUT2D eigenvalue weighted by atomic mass is 10.1. The van der Waals surface area contributed by atoms with Gasteiger partial charge in [0.1, 0.15) is 0 Å². The number of hydrogen-bond donors (Lipinski definition) is 1. The Bertz CT molecular complexity index is 875. The minimum atomic E-state index is -0.935. The number of carbonyl (C=O) groups excluding carboxylic acids is 1. The van der Waals surface area contributed by atoms with Crippen LogP contribution in [0, 0.1) is 11.6 Å². The Hall–Kier alpha value is -2.82. The van der Waals surface area contributed by atoms with Gasteiger partial charge in [-0.1, -0.05) is 24.3 Å². The summed E-state index contributed by atoms with van der Waals surface area (Å²) in [5.41, 5.74) is 1.54. The Morgan fingerprint density at radius 1 is 1.09 bits per heavy atom. The second kappa shape index (κ2) is 6.12. The lowest BCUT2D eigenvalue weighted by Gasteiger charge is -2.15. The van der Waals surface area contributed by atoms with Gasteiger partial charge in [0, 0.05) is 11.6 Å². The first-order valence-electron chi connectivity index (χ1n) is 7.16. The highest BCUT2D eigenvalue weighted by Crippen LogP contribution is 2.19. The topological polar surface area (TPSA) is 42.0 Å². The molecule has 23 heavy (non-hydrogen) atoms. The largest absolute Gasteiger partial charge is 0.345 e. The first-order chi connectivity index (χ1) is 11.1. The number of nitrogens with one attached hydrogen (secondary N) is 1. The van der Waals surface area contributed by atoms with E-state index in [-0.39, 0.29) is 5.91 Å². The van der Waals surface area contributed by atoms with Gasteiger partial charge in [-0.2, -0.15) is 0 Å². The molecule has 3 nitrogen and oxygen atoms in total. The van der Waals surface area contributed by atoms with E-state index in [0.717, 1.165) is 17.5 Å². The summed E-state index contributed by atoms with van der Waals surface area (Å²) >= 11 is 0. The van der Waals surface area contributed by atoms with Crippen molar-refractivity contribution in [1.82, 2.24) is 10.3 Å². The van der Waals surface area contributed by atoms with Gasteiger partial charge in [-0.15, -0.1) is 0 Å². The van der Waals surface area contributed by atoms with Gasteiger partial charge in [-0.05, 0) is 36.8 Å². The zero-order valence-corrected chi connectivity index (χ0v) is 12.4. The molecule has 1 N–H and O–H groups in total. The number of carbonyl (C=O) groups is 1. The summed E-state index contributed by atoms with van der Waals surface area (Å²) in [6.07, 6.45) is 1.62. The van der Waals surface area contributed by atoms with Crippen LogP contribution in [0.4, 0.5) is 8.78 Å². The molecule has 116 valence electrons. The van der Waals surface area contributed by atoms with Gasteiger partial charge in [0.25, 0.3) is 5.91 Å². The number of para-hydroxylation sites is 1. The van der Waals surface area contributed by atoms with Crippen molar-refractivity contribution in [2.24, 2.45) is 0 Å². The second-order valence-electron chi connectivity index (χ2n) is 5.25. The van der Waals surface area contributed by atoms with Gasteiger partial charge in [-0.25, -0.2) is 8.78 Å². The SMILES string of the molecule is CC(NC(=O)c1cccc2cccnc12)c1ccc(F)c(F)c1. The highest BCUT2D eigenvalue weighted by molar-refractivity contribution is 6.05. The number of fused-ring (bicyclic) bond motifs is 1. The van der Waals surface area contributed by atoms with Crippen LogP contribution in [0.2, 0.25) is 0 Å². The molecule has 0 spiro atoms. The molecule has 0 aliphatic heterocycles. The summed E-state index contributed by atoms with van der Waals surface area (Å²) in [6, 6.07) is 12.1. The molecule has 1 unspecified atom stereocenters. The van der Waals surface area contributed by atoms with E-state index in [0.29, 0.717) is 16.6 Å². The predicted octanol–water partition coefficient (Wildman–Crippen LogP) is 4.00. The van der Waals surface area contributed by atoms with Crippen molar-refractivity contribution in [3.8, 4) is 0 Å². The molecular formula is C18H14F2N2O. The van der Waals surface area contributed by atoms with Crippen LogP contribution in [0.3, 0.4) is 0 Å². The fourth-order valence-electron chi connectivity index (χ4n) is 2.43. The molecule has 1 heterocycles. The summed E-state index contributed by atoms with van der Waals surface area (Å²) in [5.74, 6) is -2.16. The fourth-order valence-corrected chi connectivity index (χ4v) is 2.43. The number of halogens is 2. The number of hydrogen-bond acceptors (Lipinski definition) is 2. The Labute approximate surface area is 132 Å². The Morgan fingerprint density at radius 2 is 1.87 bits per heavy atom. The van der Waals surface area contributed by atoms with E-state index >= 15 is 0 Å². The van der Waals surface area contributed by atoms with E-state index in [2.05, 4.69) is 10.3 Å². The first kappa shape index (κ1) is 15.1. The second-order valence-corrected chi connectivity index (χ2v) is 5.25. The van der Waals surface area contributed by atoms with Gasteiger partial charge in [-0.3, -0.25) is 9.78 Å². The van der Waals surface area contributed by atoms with E-state index in [1.807, 2.05) is 12.1 Å². The third kappa shape index (κ3) is 3.04. The zero-order chi connectivity index (χ0) is 16.4. The highest BCUT2D eigenvalue weighted by Gasteiger charge is 2.15. The van der Waals surface area contributed by atoms with Crippen LogP contribution in [0.15, 0.2) is 54.7 Å².